The summed E-state index contributed by atoms with van der Waals surface area (Å²) < 4.78 is 2.20. The Morgan fingerprint density at radius 1 is 1.00 bits per heavy atom. The van der Waals surface area contributed by atoms with Crippen LogP contribution < -0.4 is 0 Å². The van der Waals surface area contributed by atoms with Crippen LogP contribution in [-0.2, 0) is 19.6 Å². The molecule has 0 saturated carbocycles. The maximum absolute atomic E-state index is 4.65. The quantitative estimate of drug-likeness (QED) is 0.663. The van der Waals surface area contributed by atoms with Gasteiger partial charge in [0.2, 0.25) is 0 Å². The van der Waals surface area contributed by atoms with Crippen molar-refractivity contribution in [2.75, 3.05) is 7.05 Å². The highest BCUT2D eigenvalue weighted by Crippen LogP contribution is 2.11. The molecule has 3 rings (SSSR count). The molecule has 5 nitrogen and oxygen atoms in total. The van der Waals surface area contributed by atoms with Gasteiger partial charge < -0.3 is 4.57 Å². The van der Waals surface area contributed by atoms with Gasteiger partial charge in [0.25, 0.3) is 0 Å². The third-order valence-electron chi connectivity index (χ3n) is 4.09. The average molecular weight is 335 g/mol. The van der Waals surface area contributed by atoms with Crippen LogP contribution >= 0.6 is 0 Å². The van der Waals surface area contributed by atoms with E-state index in [1.165, 1.54) is 5.56 Å². The SMILES string of the molecule is CC(C)c1nccc(CN(C)Cc2nccn2Cc2ccccc2)n1. The molecule has 1 aromatic carbocycles. The molecule has 0 spiro atoms. The highest BCUT2D eigenvalue weighted by Gasteiger charge is 2.10. The minimum absolute atomic E-state index is 0.343. The maximum Gasteiger partial charge on any atom is 0.131 e. The van der Waals surface area contributed by atoms with E-state index in [1.54, 1.807) is 0 Å². The first kappa shape index (κ1) is 17.3. The molecule has 0 unspecified atom stereocenters. The summed E-state index contributed by atoms with van der Waals surface area (Å²) in [6.45, 7) is 6.63. The standard InChI is InChI=1S/C20H25N5/c1-16(2)20-22-10-9-18(23-20)14-24(3)15-19-21-11-12-25(19)13-17-7-5-4-6-8-17/h4-12,16H,13-15H2,1-3H3. The third-order valence-corrected chi connectivity index (χ3v) is 4.09. The molecule has 0 aliphatic heterocycles. The van der Waals surface area contributed by atoms with Crippen LogP contribution in [0, 0.1) is 0 Å². The van der Waals surface area contributed by atoms with Crippen LogP contribution in [0.25, 0.3) is 0 Å². The molecule has 0 saturated heterocycles. The molecule has 0 N–H and O–H groups in total. The lowest BCUT2D eigenvalue weighted by atomic mass is 10.2. The summed E-state index contributed by atoms with van der Waals surface area (Å²) >= 11 is 0. The summed E-state index contributed by atoms with van der Waals surface area (Å²) in [5.74, 6) is 2.30. The van der Waals surface area contributed by atoms with Gasteiger partial charge in [-0.25, -0.2) is 15.0 Å². The molecule has 0 bridgehead atoms. The van der Waals surface area contributed by atoms with Gasteiger partial charge in [-0.1, -0.05) is 44.2 Å². The molecule has 0 aliphatic carbocycles. The molecule has 3 aromatic rings. The lowest BCUT2D eigenvalue weighted by molar-refractivity contribution is 0.301. The van der Waals surface area contributed by atoms with Crippen molar-refractivity contribution in [1.29, 1.82) is 0 Å². The van der Waals surface area contributed by atoms with E-state index in [0.29, 0.717) is 5.92 Å². The lowest BCUT2D eigenvalue weighted by Gasteiger charge is -2.17. The smallest absolute Gasteiger partial charge is 0.131 e. The Labute approximate surface area is 149 Å². The van der Waals surface area contributed by atoms with Gasteiger partial charge >= 0.3 is 0 Å². The predicted octanol–water partition coefficient (Wildman–Crippen LogP) is 3.48. The second-order valence-electron chi connectivity index (χ2n) is 6.69. The molecule has 0 fully saturated rings. The summed E-state index contributed by atoms with van der Waals surface area (Å²) in [5, 5.41) is 0. The van der Waals surface area contributed by atoms with Crippen molar-refractivity contribution in [2.45, 2.75) is 39.4 Å². The summed E-state index contributed by atoms with van der Waals surface area (Å²) in [7, 11) is 2.10. The monoisotopic (exact) mass is 335 g/mol. The Morgan fingerprint density at radius 2 is 1.80 bits per heavy atom. The van der Waals surface area contributed by atoms with E-state index in [1.807, 2.05) is 30.7 Å². The number of rotatable bonds is 7. The molecule has 0 amide bonds. The van der Waals surface area contributed by atoms with E-state index in [4.69, 9.17) is 0 Å². The summed E-state index contributed by atoms with van der Waals surface area (Å²) in [6, 6.07) is 12.4. The zero-order chi connectivity index (χ0) is 17.6. The molecule has 0 aliphatic rings. The number of aromatic nitrogens is 4. The van der Waals surface area contributed by atoms with E-state index < -0.39 is 0 Å². The zero-order valence-corrected chi connectivity index (χ0v) is 15.1. The number of imidazole rings is 1. The Hall–Kier alpha value is -2.53. The molecule has 2 heterocycles. The largest absolute Gasteiger partial charge is 0.329 e. The Kier molecular flexibility index (Phi) is 5.56. The molecular weight excluding hydrogens is 310 g/mol. The maximum atomic E-state index is 4.65. The van der Waals surface area contributed by atoms with Crippen molar-refractivity contribution >= 4 is 0 Å². The van der Waals surface area contributed by atoms with Gasteiger partial charge in [-0.15, -0.1) is 0 Å². The van der Waals surface area contributed by atoms with E-state index >= 15 is 0 Å². The topological polar surface area (TPSA) is 46.8 Å². The highest BCUT2D eigenvalue weighted by atomic mass is 15.2. The van der Waals surface area contributed by atoms with E-state index in [-0.39, 0.29) is 0 Å². The first-order valence-corrected chi connectivity index (χ1v) is 8.66. The second-order valence-corrected chi connectivity index (χ2v) is 6.69. The highest BCUT2D eigenvalue weighted by molar-refractivity contribution is 5.16. The summed E-state index contributed by atoms with van der Waals surface area (Å²) in [5.41, 5.74) is 2.32. The van der Waals surface area contributed by atoms with Gasteiger partial charge in [-0.2, -0.15) is 0 Å². The molecule has 25 heavy (non-hydrogen) atoms. The van der Waals surface area contributed by atoms with Crippen LogP contribution in [0.3, 0.4) is 0 Å². The molecular formula is C20H25N5. The van der Waals surface area contributed by atoms with Crippen LogP contribution in [-0.4, -0.2) is 31.5 Å². The number of benzene rings is 1. The van der Waals surface area contributed by atoms with Crippen molar-refractivity contribution in [3.05, 3.63) is 77.9 Å². The van der Waals surface area contributed by atoms with Crippen LogP contribution in [0.4, 0.5) is 0 Å². The fraction of sp³-hybridized carbons (Fsp3) is 0.350. The van der Waals surface area contributed by atoms with Crippen LogP contribution in [0.2, 0.25) is 0 Å². The molecule has 5 heteroatoms. The normalized spacial score (nSPS) is 11.4. The summed E-state index contributed by atoms with van der Waals surface area (Å²) in [6.07, 6.45) is 5.76. The average Bonchev–Trinajstić information content (AvgIpc) is 3.02. The van der Waals surface area contributed by atoms with Crippen molar-refractivity contribution in [3.8, 4) is 0 Å². The van der Waals surface area contributed by atoms with Crippen molar-refractivity contribution < 1.29 is 0 Å². The second kappa shape index (κ2) is 8.03. The first-order valence-electron chi connectivity index (χ1n) is 8.66. The van der Waals surface area contributed by atoms with Gasteiger partial charge in [0.15, 0.2) is 0 Å². The fourth-order valence-corrected chi connectivity index (χ4v) is 2.77. The van der Waals surface area contributed by atoms with Gasteiger partial charge in [0, 0.05) is 37.6 Å². The third kappa shape index (κ3) is 4.73. The van der Waals surface area contributed by atoms with E-state index in [2.05, 4.69) is 69.6 Å². The van der Waals surface area contributed by atoms with E-state index in [9.17, 15) is 0 Å². The van der Waals surface area contributed by atoms with Crippen molar-refractivity contribution in [1.82, 2.24) is 24.4 Å². The number of hydrogen-bond donors (Lipinski definition) is 0. The number of nitrogens with zero attached hydrogens (tertiary/aromatic N) is 5. The van der Waals surface area contributed by atoms with Crippen LogP contribution in [0.5, 0.6) is 0 Å². The fourth-order valence-electron chi connectivity index (χ4n) is 2.77. The number of hydrogen-bond acceptors (Lipinski definition) is 4. The molecule has 0 atom stereocenters. The minimum Gasteiger partial charge on any atom is -0.329 e. The Bertz CT molecular complexity index is 795. The van der Waals surface area contributed by atoms with Crippen LogP contribution in [0.1, 0.15) is 42.7 Å². The van der Waals surface area contributed by atoms with Gasteiger partial charge in [0.1, 0.15) is 11.6 Å². The van der Waals surface area contributed by atoms with Crippen molar-refractivity contribution in [2.24, 2.45) is 0 Å². The predicted molar refractivity (Wildman–Crippen MR) is 99.1 cm³/mol. The lowest BCUT2D eigenvalue weighted by Crippen LogP contribution is -2.21. The first-order chi connectivity index (χ1) is 12.1. The van der Waals surface area contributed by atoms with Crippen molar-refractivity contribution in [3.63, 3.8) is 0 Å². The zero-order valence-electron chi connectivity index (χ0n) is 15.1. The molecule has 2 aromatic heterocycles. The van der Waals surface area contributed by atoms with E-state index in [0.717, 1.165) is 37.0 Å². The molecule has 0 radical (unpaired) electrons. The summed E-state index contributed by atoms with van der Waals surface area (Å²) in [4.78, 5) is 15.7. The van der Waals surface area contributed by atoms with Crippen LogP contribution in [0.15, 0.2) is 55.0 Å². The Morgan fingerprint density at radius 3 is 2.56 bits per heavy atom. The van der Waals surface area contributed by atoms with Gasteiger partial charge in [-0.3, -0.25) is 4.90 Å². The van der Waals surface area contributed by atoms with Gasteiger partial charge in [-0.05, 0) is 18.7 Å². The molecule has 130 valence electrons. The Balaban J connectivity index is 1.65. The van der Waals surface area contributed by atoms with Gasteiger partial charge in [0.05, 0.1) is 12.2 Å². The minimum atomic E-state index is 0.343.